The molecule has 0 amide bonds. The minimum Gasteiger partial charge on any atom is -0.295 e. The quantitative estimate of drug-likeness (QED) is 0.731. The first-order chi connectivity index (χ1) is 7.16. The topological polar surface area (TPSA) is 16.1 Å². The van der Waals surface area contributed by atoms with Crippen molar-refractivity contribution in [1.82, 2.24) is 9.88 Å². The van der Waals surface area contributed by atoms with Gasteiger partial charge in [-0.2, -0.15) is 0 Å². The van der Waals surface area contributed by atoms with Gasteiger partial charge >= 0.3 is 0 Å². The highest BCUT2D eigenvalue weighted by atomic mass is 32.1. The van der Waals surface area contributed by atoms with Crippen LogP contribution in [0.4, 0.5) is 0 Å². The van der Waals surface area contributed by atoms with Gasteiger partial charge in [0.1, 0.15) is 0 Å². The van der Waals surface area contributed by atoms with E-state index in [-0.39, 0.29) is 0 Å². The molecule has 0 bridgehead atoms. The highest BCUT2D eigenvalue weighted by molar-refractivity contribution is 7.11. The molecule has 0 aromatic carbocycles. The summed E-state index contributed by atoms with van der Waals surface area (Å²) in [6.07, 6.45) is 1.14. The Balaban J connectivity index is 0.000000531. The average Bonchev–Trinajstić information content (AvgIpc) is 2.59. The second kappa shape index (κ2) is 5.61. The Labute approximate surface area is 97.3 Å². The summed E-state index contributed by atoms with van der Waals surface area (Å²) in [6.45, 7) is 12.9. The maximum atomic E-state index is 4.54. The first-order valence-corrected chi connectivity index (χ1v) is 6.67. The van der Waals surface area contributed by atoms with E-state index < -0.39 is 0 Å². The molecule has 0 unspecified atom stereocenters. The minimum atomic E-state index is 0.663. The van der Waals surface area contributed by atoms with E-state index in [1.807, 2.05) is 25.2 Å². The molecule has 0 radical (unpaired) electrons. The normalized spacial score (nSPS) is 15.9. The molecule has 0 saturated heterocycles. The molecule has 2 rings (SSSR count). The summed E-state index contributed by atoms with van der Waals surface area (Å²) in [5.41, 5.74) is 1.35. The van der Waals surface area contributed by atoms with Gasteiger partial charge in [0.15, 0.2) is 0 Å². The largest absolute Gasteiger partial charge is 0.295 e. The third kappa shape index (κ3) is 3.02. The van der Waals surface area contributed by atoms with Crippen LogP contribution in [0, 0.1) is 6.92 Å². The molecular weight excluding hydrogens is 204 g/mol. The molecule has 0 aliphatic carbocycles. The lowest BCUT2D eigenvalue weighted by atomic mass is 10.1. The maximum absolute atomic E-state index is 4.54. The Morgan fingerprint density at radius 1 is 1.33 bits per heavy atom. The van der Waals surface area contributed by atoms with E-state index in [1.165, 1.54) is 22.1 Å². The van der Waals surface area contributed by atoms with Crippen LogP contribution < -0.4 is 0 Å². The summed E-state index contributed by atoms with van der Waals surface area (Å²) in [5.74, 6) is 0. The van der Waals surface area contributed by atoms with Crippen LogP contribution in [-0.2, 0) is 13.0 Å². The van der Waals surface area contributed by atoms with Gasteiger partial charge in [-0.25, -0.2) is 4.98 Å². The van der Waals surface area contributed by atoms with Crippen molar-refractivity contribution in [2.75, 3.05) is 6.54 Å². The maximum Gasteiger partial charge on any atom is 0.0900 e. The lowest BCUT2D eigenvalue weighted by molar-refractivity contribution is 0.205. The van der Waals surface area contributed by atoms with E-state index in [0.717, 1.165) is 13.0 Å². The van der Waals surface area contributed by atoms with E-state index >= 15 is 0 Å². The van der Waals surface area contributed by atoms with Gasteiger partial charge < -0.3 is 0 Å². The van der Waals surface area contributed by atoms with Gasteiger partial charge in [-0.3, -0.25) is 4.90 Å². The fourth-order valence-electron chi connectivity index (χ4n) is 1.79. The van der Waals surface area contributed by atoms with Gasteiger partial charge in [0.2, 0.25) is 0 Å². The second-order valence-corrected chi connectivity index (χ2v) is 5.20. The van der Waals surface area contributed by atoms with Crippen LogP contribution in [0.3, 0.4) is 0 Å². The number of hydrogen-bond acceptors (Lipinski definition) is 3. The first kappa shape index (κ1) is 12.7. The summed E-state index contributed by atoms with van der Waals surface area (Å²) in [7, 11) is 0. The Kier molecular flexibility index (Phi) is 4.74. The van der Waals surface area contributed by atoms with Crippen LogP contribution in [0.15, 0.2) is 0 Å². The number of aryl methyl sites for hydroxylation is 1. The van der Waals surface area contributed by atoms with Crippen molar-refractivity contribution >= 4 is 11.3 Å². The molecule has 3 heteroatoms. The van der Waals surface area contributed by atoms with Crippen LogP contribution in [0.5, 0.6) is 0 Å². The van der Waals surface area contributed by atoms with Crippen molar-refractivity contribution in [1.29, 1.82) is 0 Å². The Bertz CT molecular complexity index is 305. The molecule has 0 saturated carbocycles. The van der Waals surface area contributed by atoms with Gasteiger partial charge in [0.25, 0.3) is 0 Å². The molecular formula is C12H22N2S. The molecule has 2 nitrogen and oxygen atoms in total. The van der Waals surface area contributed by atoms with Gasteiger partial charge in [-0.15, -0.1) is 11.3 Å². The molecule has 0 atom stereocenters. The van der Waals surface area contributed by atoms with Crippen molar-refractivity contribution in [3.63, 3.8) is 0 Å². The summed E-state index contributed by atoms with van der Waals surface area (Å²) in [5, 5.41) is 1.22. The van der Waals surface area contributed by atoms with Crippen molar-refractivity contribution in [3.8, 4) is 0 Å². The predicted molar refractivity (Wildman–Crippen MR) is 67.4 cm³/mol. The van der Waals surface area contributed by atoms with Gasteiger partial charge in [0.05, 0.1) is 10.7 Å². The number of nitrogens with zero attached hydrogens (tertiary/aromatic N) is 2. The zero-order chi connectivity index (χ0) is 11.4. The number of aromatic nitrogens is 1. The van der Waals surface area contributed by atoms with Crippen LogP contribution >= 0.6 is 11.3 Å². The Morgan fingerprint density at radius 3 is 2.60 bits per heavy atom. The van der Waals surface area contributed by atoms with Crippen LogP contribution in [0.25, 0.3) is 0 Å². The molecule has 1 aromatic heterocycles. The third-order valence-corrected chi connectivity index (χ3v) is 3.60. The minimum absolute atomic E-state index is 0.663. The lowest BCUT2D eigenvalue weighted by Crippen LogP contribution is -2.35. The number of thiazole rings is 1. The van der Waals surface area contributed by atoms with Crippen LogP contribution in [-0.4, -0.2) is 22.5 Å². The molecule has 1 aromatic rings. The summed E-state index contributed by atoms with van der Waals surface area (Å²) in [6, 6.07) is 0.663. The third-order valence-electron chi connectivity index (χ3n) is 2.60. The molecule has 0 fully saturated rings. The van der Waals surface area contributed by atoms with Gasteiger partial charge in [0, 0.05) is 30.4 Å². The first-order valence-electron chi connectivity index (χ1n) is 5.86. The Morgan fingerprint density at radius 2 is 2.00 bits per heavy atom. The highest BCUT2D eigenvalue weighted by Gasteiger charge is 2.20. The highest BCUT2D eigenvalue weighted by Crippen LogP contribution is 2.25. The average molecular weight is 226 g/mol. The molecule has 0 N–H and O–H groups in total. The van der Waals surface area contributed by atoms with E-state index in [0.29, 0.717) is 6.04 Å². The smallest absolute Gasteiger partial charge is 0.0900 e. The molecule has 86 valence electrons. The Hall–Kier alpha value is -0.410. The second-order valence-electron chi connectivity index (χ2n) is 3.92. The fraction of sp³-hybridized carbons (Fsp3) is 0.750. The van der Waals surface area contributed by atoms with E-state index in [1.54, 1.807) is 0 Å². The molecule has 1 aliphatic heterocycles. The van der Waals surface area contributed by atoms with Crippen molar-refractivity contribution < 1.29 is 0 Å². The predicted octanol–water partition coefficient (Wildman–Crippen LogP) is 3.24. The summed E-state index contributed by atoms with van der Waals surface area (Å²) in [4.78, 5) is 8.53. The van der Waals surface area contributed by atoms with E-state index in [2.05, 4.69) is 30.7 Å². The van der Waals surface area contributed by atoms with Crippen molar-refractivity contribution in [2.24, 2.45) is 0 Å². The summed E-state index contributed by atoms with van der Waals surface area (Å²) >= 11 is 1.86. The number of hydrogen-bond donors (Lipinski definition) is 0. The standard InChI is InChI=1S/C10H16N2S.C2H6/c1-7(2)12-5-4-9-10(6-12)13-8(3)11-9;1-2/h7H,4-6H2,1-3H3;1-2H3. The zero-order valence-corrected chi connectivity index (χ0v) is 11.3. The monoisotopic (exact) mass is 226 g/mol. The van der Waals surface area contributed by atoms with Crippen LogP contribution in [0.1, 0.15) is 43.3 Å². The van der Waals surface area contributed by atoms with E-state index in [4.69, 9.17) is 0 Å². The van der Waals surface area contributed by atoms with Gasteiger partial charge in [-0.1, -0.05) is 13.8 Å². The van der Waals surface area contributed by atoms with E-state index in [9.17, 15) is 0 Å². The van der Waals surface area contributed by atoms with Gasteiger partial charge in [-0.05, 0) is 20.8 Å². The van der Waals surface area contributed by atoms with Crippen molar-refractivity contribution in [3.05, 3.63) is 15.6 Å². The fourth-order valence-corrected chi connectivity index (χ4v) is 2.79. The van der Waals surface area contributed by atoms with Crippen molar-refractivity contribution in [2.45, 2.75) is 53.6 Å². The number of rotatable bonds is 1. The molecule has 1 aliphatic rings. The molecule has 0 spiro atoms. The summed E-state index contributed by atoms with van der Waals surface area (Å²) < 4.78 is 0. The SMILES string of the molecule is CC.Cc1nc2c(s1)CN(C(C)C)CC2. The molecule has 15 heavy (non-hydrogen) atoms. The zero-order valence-electron chi connectivity index (χ0n) is 10.5. The lowest BCUT2D eigenvalue weighted by Gasteiger charge is -2.29. The molecule has 2 heterocycles. The van der Waals surface area contributed by atoms with Crippen LogP contribution in [0.2, 0.25) is 0 Å². The number of fused-ring (bicyclic) bond motifs is 1.